The molecule has 7 heteroatoms. The highest BCUT2D eigenvalue weighted by Crippen LogP contribution is 2.29. The van der Waals surface area contributed by atoms with Crippen LogP contribution in [-0.2, 0) is 13.0 Å². The highest BCUT2D eigenvalue weighted by Gasteiger charge is 2.18. The molecule has 1 aromatic carbocycles. The van der Waals surface area contributed by atoms with Gasteiger partial charge in [0.05, 0.1) is 18.3 Å². The Morgan fingerprint density at radius 1 is 1.17 bits per heavy atom. The third kappa shape index (κ3) is 4.99. The average molecular weight is 473 g/mol. The molecule has 0 atom stereocenters. The Morgan fingerprint density at radius 3 is 2.69 bits per heavy atom. The molecule has 0 saturated heterocycles. The Hall–Kier alpha value is -3.87. The largest absolute Gasteiger partial charge is 0.497 e. The summed E-state index contributed by atoms with van der Waals surface area (Å²) in [6.45, 7) is 8.26. The van der Waals surface area contributed by atoms with E-state index in [1.807, 2.05) is 47.7 Å². The molecule has 3 heterocycles. The Bertz CT molecular complexity index is 1430. The van der Waals surface area contributed by atoms with Crippen LogP contribution < -0.4 is 15.6 Å². The van der Waals surface area contributed by atoms with Crippen LogP contribution in [-0.4, -0.2) is 27.4 Å². The van der Waals surface area contributed by atoms with Gasteiger partial charge >= 0.3 is 0 Å². The van der Waals surface area contributed by atoms with Gasteiger partial charge in [-0.3, -0.25) is 14.0 Å². The number of carbonyl (C=O) groups excluding carboxylic acids is 1. The van der Waals surface area contributed by atoms with E-state index in [9.17, 15) is 9.59 Å². The number of fused-ring (bicyclic) bond motifs is 1. The van der Waals surface area contributed by atoms with Gasteiger partial charge in [-0.05, 0) is 66.3 Å². The van der Waals surface area contributed by atoms with Crippen LogP contribution in [0.15, 0.2) is 53.6 Å². The van der Waals surface area contributed by atoms with Crippen LogP contribution in [0.3, 0.4) is 0 Å². The summed E-state index contributed by atoms with van der Waals surface area (Å²) in [5.41, 5.74) is 6.32. The number of nitrogens with one attached hydrogen (secondary N) is 2. The number of carbonyl (C=O) groups is 1. The van der Waals surface area contributed by atoms with Crippen molar-refractivity contribution in [3.63, 3.8) is 0 Å². The zero-order chi connectivity index (χ0) is 25.1. The van der Waals surface area contributed by atoms with Crippen LogP contribution >= 0.6 is 0 Å². The van der Waals surface area contributed by atoms with Crippen LogP contribution in [0.5, 0.6) is 5.75 Å². The van der Waals surface area contributed by atoms with E-state index < -0.39 is 0 Å². The number of hydrogen-bond donors (Lipinski definition) is 2. The molecule has 0 aliphatic carbocycles. The van der Waals surface area contributed by atoms with Crippen LogP contribution in [0, 0.1) is 6.92 Å². The summed E-state index contributed by atoms with van der Waals surface area (Å²) in [7, 11) is 1.63. The van der Waals surface area contributed by atoms with Gasteiger partial charge in [0, 0.05) is 17.8 Å². The topological polar surface area (TPSA) is 88.5 Å². The number of aryl methyl sites for hydroxylation is 2. The molecule has 0 unspecified atom stereocenters. The Morgan fingerprint density at radius 2 is 1.97 bits per heavy atom. The number of rotatable bonds is 8. The lowest BCUT2D eigenvalue weighted by molar-refractivity contribution is 0.0944. The molecular formula is C28H32N4O3. The van der Waals surface area contributed by atoms with E-state index in [4.69, 9.17) is 4.74 Å². The van der Waals surface area contributed by atoms with Crippen LogP contribution in [0.25, 0.3) is 16.6 Å². The molecule has 1 amide bonds. The molecule has 0 saturated carbocycles. The summed E-state index contributed by atoms with van der Waals surface area (Å²) in [5.74, 6) is 0.669. The highest BCUT2D eigenvalue weighted by atomic mass is 16.5. The van der Waals surface area contributed by atoms with Crippen molar-refractivity contribution < 1.29 is 9.53 Å². The second kappa shape index (κ2) is 10.2. The number of pyridine rings is 2. The Balaban J connectivity index is 1.76. The maximum Gasteiger partial charge on any atom is 0.268 e. The number of amides is 1. The molecule has 7 nitrogen and oxygen atoms in total. The molecule has 0 aliphatic heterocycles. The second-order valence-electron chi connectivity index (χ2n) is 9.12. The van der Waals surface area contributed by atoms with Crippen molar-refractivity contribution in [3.05, 3.63) is 87.4 Å². The lowest BCUT2D eigenvalue weighted by atomic mass is 10.0. The fourth-order valence-electron chi connectivity index (χ4n) is 4.43. The van der Waals surface area contributed by atoms with Crippen LogP contribution in [0.1, 0.15) is 66.1 Å². The average Bonchev–Trinajstić information content (AvgIpc) is 3.27. The number of aromatic amines is 1. The minimum atomic E-state index is -0.269. The van der Waals surface area contributed by atoms with Crippen molar-refractivity contribution in [2.45, 2.75) is 53.0 Å². The second-order valence-corrected chi connectivity index (χ2v) is 9.12. The molecule has 3 aromatic heterocycles. The van der Waals surface area contributed by atoms with E-state index in [0.717, 1.165) is 52.2 Å². The van der Waals surface area contributed by atoms with Gasteiger partial charge in [0.15, 0.2) is 0 Å². The molecule has 182 valence electrons. The number of imidazole rings is 1. The van der Waals surface area contributed by atoms with E-state index in [1.54, 1.807) is 13.4 Å². The highest BCUT2D eigenvalue weighted by molar-refractivity contribution is 5.95. The summed E-state index contributed by atoms with van der Waals surface area (Å²) >= 11 is 0. The van der Waals surface area contributed by atoms with Gasteiger partial charge in [-0.2, -0.15) is 0 Å². The quantitative estimate of drug-likeness (QED) is 0.377. The van der Waals surface area contributed by atoms with Crippen LogP contribution in [0.4, 0.5) is 0 Å². The van der Waals surface area contributed by atoms with Gasteiger partial charge in [-0.1, -0.05) is 39.3 Å². The molecular weight excluding hydrogens is 440 g/mol. The zero-order valence-corrected chi connectivity index (χ0v) is 20.9. The van der Waals surface area contributed by atoms with E-state index in [2.05, 4.69) is 42.1 Å². The van der Waals surface area contributed by atoms with Crippen molar-refractivity contribution in [3.8, 4) is 16.9 Å². The first-order valence-electron chi connectivity index (χ1n) is 12.0. The fourth-order valence-corrected chi connectivity index (χ4v) is 4.43. The molecule has 0 fully saturated rings. The van der Waals surface area contributed by atoms with Crippen molar-refractivity contribution in [2.24, 2.45) is 0 Å². The summed E-state index contributed by atoms with van der Waals surface area (Å²) in [6, 6.07) is 13.6. The molecule has 35 heavy (non-hydrogen) atoms. The number of ether oxygens (including phenoxy) is 1. The van der Waals surface area contributed by atoms with E-state index in [1.165, 1.54) is 0 Å². The van der Waals surface area contributed by atoms with Crippen molar-refractivity contribution >= 4 is 11.4 Å². The zero-order valence-electron chi connectivity index (χ0n) is 20.9. The van der Waals surface area contributed by atoms with E-state index in [0.29, 0.717) is 11.3 Å². The van der Waals surface area contributed by atoms with Gasteiger partial charge in [0.25, 0.3) is 11.5 Å². The Labute approximate surface area is 205 Å². The predicted molar refractivity (Wildman–Crippen MR) is 138 cm³/mol. The summed E-state index contributed by atoms with van der Waals surface area (Å²) < 4.78 is 7.22. The fraction of sp³-hybridized carbons (Fsp3) is 0.321. The third-order valence-electron chi connectivity index (χ3n) is 6.17. The molecule has 0 aliphatic rings. The lowest BCUT2D eigenvalue weighted by Gasteiger charge is -2.13. The monoisotopic (exact) mass is 472 g/mol. The number of nitrogens with zero attached hydrogens (tertiary/aromatic N) is 2. The number of methoxy groups -OCH3 is 1. The van der Waals surface area contributed by atoms with Gasteiger partial charge in [0.1, 0.15) is 17.8 Å². The summed E-state index contributed by atoms with van der Waals surface area (Å²) in [5, 5.41) is 2.97. The van der Waals surface area contributed by atoms with Crippen LogP contribution in [0.2, 0.25) is 0 Å². The number of hydrogen-bond acceptors (Lipinski definition) is 4. The van der Waals surface area contributed by atoms with Gasteiger partial charge in [-0.15, -0.1) is 0 Å². The molecule has 4 aromatic rings. The van der Waals surface area contributed by atoms with Gasteiger partial charge in [0.2, 0.25) is 0 Å². The molecule has 0 radical (unpaired) electrons. The lowest BCUT2D eigenvalue weighted by Crippen LogP contribution is -2.29. The molecule has 0 spiro atoms. The van der Waals surface area contributed by atoms with Crippen molar-refractivity contribution in [1.82, 2.24) is 19.7 Å². The number of aromatic nitrogens is 3. The van der Waals surface area contributed by atoms with Crippen molar-refractivity contribution in [1.29, 1.82) is 0 Å². The molecule has 0 bridgehead atoms. The third-order valence-corrected chi connectivity index (χ3v) is 6.17. The molecule has 2 N–H and O–H groups in total. The first kappa shape index (κ1) is 24.3. The summed E-state index contributed by atoms with van der Waals surface area (Å²) in [4.78, 5) is 33.6. The first-order valence-corrected chi connectivity index (χ1v) is 12.0. The van der Waals surface area contributed by atoms with Crippen molar-refractivity contribution in [2.75, 3.05) is 7.11 Å². The molecule has 4 rings (SSSR count). The van der Waals surface area contributed by atoms with E-state index in [-0.39, 0.29) is 23.9 Å². The smallest absolute Gasteiger partial charge is 0.268 e. The number of benzene rings is 1. The minimum Gasteiger partial charge on any atom is -0.497 e. The maximum absolute atomic E-state index is 13.5. The maximum atomic E-state index is 13.5. The predicted octanol–water partition coefficient (Wildman–Crippen LogP) is 5.01. The van der Waals surface area contributed by atoms with E-state index >= 15 is 0 Å². The Kier molecular flexibility index (Phi) is 7.05. The SMILES string of the molecule is CCCc1cc(C)[nH]c(=O)c1CNC(=O)c1cc(-c2cccc(OC)c2)cc2c(C(C)C)ncn12. The minimum absolute atomic E-state index is 0.153. The van der Waals surface area contributed by atoms with Gasteiger partial charge in [-0.25, -0.2) is 4.98 Å². The first-order chi connectivity index (χ1) is 16.8. The number of H-pyrrole nitrogens is 1. The normalized spacial score (nSPS) is 11.3. The van der Waals surface area contributed by atoms with Gasteiger partial charge < -0.3 is 15.0 Å². The summed E-state index contributed by atoms with van der Waals surface area (Å²) in [6.07, 6.45) is 3.39. The standard InChI is InChI=1S/C28H32N4O3/c1-6-8-20-11-18(4)31-27(33)23(20)15-29-28(34)25-14-21(19-9-7-10-22(12-19)35-5)13-24-26(17(2)3)30-16-32(24)25/h7,9-14,16-17H,6,8,15H2,1-5H3,(H,29,34)(H,31,33).